The van der Waals surface area contributed by atoms with Crippen LogP contribution in [0.3, 0.4) is 0 Å². The summed E-state index contributed by atoms with van der Waals surface area (Å²) in [7, 11) is 0. The van der Waals surface area contributed by atoms with Gasteiger partial charge in [0.2, 0.25) is 0 Å². The summed E-state index contributed by atoms with van der Waals surface area (Å²) < 4.78 is 5.45. The highest BCUT2D eigenvalue weighted by Crippen LogP contribution is 2.32. The van der Waals surface area contributed by atoms with Crippen LogP contribution >= 0.6 is 24.4 Å². The molecule has 0 radical (unpaired) electrons. The Balaban J connectivity index is 1.71. The summed E-state index contributed by atoms with van der Waals surface area (Å²) in [5.41, 5.74) is 0.659. The lowest BCUT2D eigenvalue weighted by atomic mass is 10.0. The number of non-ortho nitro benzene ring substituents is 1. The lowest BCUT2D eigenvalue weighted by molar-refractivity contribution is -0.384. The predicted octanol–water partition coefficient (Wildman–Crippen LogP) is 2.30. The summed E-state index contributed by atoms with van der Waals surface area (Å²) in [5.74, 6) is 0.554. The molecule has 1 aliphatic heterocycles. The Hall–Kier alpha value is -2.07. The van der Waals surface area contributed by atoms with Gasteiger partial charge in [0.1, 0.15) is 18.0 Å². The van der Waals surface area contributed by atoms with Gasteiger partial charge in [0, 0.05) is 29.0 Å². The summed E-state index contributed by atoms with van der Waals surface area (Å²) >= 11 is 5.77. The molecule has 3 rings (SSSR count). The van der Waals surface area contributed by atoms with Crippen molar-refractivity contribution in [1.82, 2.24) is 0 Å². The second kappa shape index (κ2) is 8.30. The van der Waals surface area contributed by atoms with Crippen LogP contribution in [-0.4, -0.2) is 49.6 Å². The van der Waals surface area contributed by atoms with Gasteiger partial charge in [-0.1, -0.05) is 0 Å². The highest BCUT2D eigenvalue weighted by Gasteiger charge is 2.38. The molecule has 9 heteroatoms. The number of hydrogen-bond donors (Lipinski definition) is 3. The summed E-state index contributed by atoms with van der Waals surface area (Å²) in [5, 5.41) is 30.5. The number of benzene rings is 2. The second-order valence-corrected chi connectivity index (χ2v) is 8.10. The fraction of sp³-hybridized carbons (Fsp3) is 0.278. The molecule has 7 nitrogen and oxygen atoms in total. The summed E-state index contributed by atoms with van der Waals surface area (Å²) in [6, 6.07) is 11.7. The fourth-order valence-electron chi connectivity index (χ4n) is 2.65. The van der Waals surface area contributed by atoms with Gasteiger partial charge in [-0.15, -0.1) is 11.8 Å². The summed E-state index contributed by atoms with van der Waals surface area (Å²) in [4.78, 5) is 22.6. The molecule has 1 saturated heterocycles. The minimum absolute atomic E-state index is 0.0808. The molecule has 0 spiro atoms. The number of hydrogen-bond acceptors (Lipinski definition) is 8. The van der Waals surface area contributed by atoms with E-state index in [2.05, 4.69) is 12.6 Å². The molecule has 0 saturated carbocycles. The summed E-state index contributed by atoms with van der Waals surface area (Å²) in [6.45, 7) is 0. The Morgan fingerprint density at radius 2 is 1.67 bits per heavy atom. The molecule has 2 N–H and O–H groups in total. The van der Waals surface area contributed by atoms with E-state index in [1.165, 1.54) is 36.0 Å². The lowest BCUT2D eigenvalue weighted by Crippen LogP contribution is -2.50. The first kappa shape index (κ1) is 19.7. The average Bonchev–Trinajstić information content (AvgIpc) is 2.68. The molecule has 142 valence electrons. The van der Waals surface area contributed by atoms with Crippen LogP contribution in [0, 0.1) is 10.1 Å². The van der Waals surface area contributed by atoms with E-state index in [4.69, 9.17) is 4.74 Å². The third kappa shape index (κ3) is 4.44. The van der Waals surface area contributed by atoms with Crippen LogP contribution < -0.4 is 4.74 Å². The third-order valence-corrected chi connectivity index (χ3v) is 6.06. The number of ether oxygens (including phenoxy) is 1. The molecular formula is C18H17NO6S2. The maximum atomic E-state index is 12.5. The Bertz CT molecular complexity index is 827. The maximum Gasteiger partial charge on any atom is 0.269 e. The molecule has 0 bridgehead atoms. The first-order valence-electron chi connectivity index (χ1n) is 8.08. The normalized spacial score (nSPS) is 25.0. The average molecular weight is 407 g/mol. The monoisotopic (exact) mass is 407 g/mol. The Morgan fingerprint density at radius 3 is 2.22 bits per heavy atom. The van der Waals surface area contributed by atoms with Gasteiger partial charge in [-0.2, -0.15) is 12.6 Å². The number of carbonyl (C=O) groups excluding carboxylic acids is 1. The Morgan fingerprint density at radius 1 is 1.11 bits per heavy atom. The molecule has 27 heavy (non-hydrogen) atoms. The van der Waals surface area contributed by atoms with E-state index < -0.39 is 23.2 Å². The number of nitrogens with zero attached hydrogens (tertiary/aromatic N) is 1. The van der Waals surface area contributed by atoms with Crippen LogP contribution in [0.15, 0.2) is 48.5 Å². The highest BCUT2D eigenvalue weighted by atomic mass is 32.2. The van der Waals surface area contributed by atoms with Crippen molar-refractivity contribution in [2.45, 2.75) is 22.9 Å². The van der Waals surface area contributed by atoms with Crippen molar-refractivity contribution in [1.29, 1.82) is 0 Å². The van der Waals surface area contributed by atoms with Crippen molar-refractivity contribution in [3.63, 3.8) is 0 Å². The van der Waals surface area contributed by atoms with Crippen LogP contribution in [0.4, 0.5) is 5.69 Å². The van der Waals surface area contributed by atoms with Crippen molar-refractivity contribution in [2.75, 3.05) is 5.75 Å². The van der Waals surface area contributed by atoms with Gasteiger partial charge in [-0.3, -0.25) is 14.9 Å². The van der Waals surface area contributed by atoms with Gasteiger partial charge in [-0.25, -0.2) is 0 Å². The lowest BCUT2D eigenvalue weighted by Gasteiger charge is -2.35. The van der Waals surface area contributed by atoms with E-state index in [0.717, 1.165) is 0 Å². The van der Waals surface area contributed by atoms with Crippen LogP contribution in [-0.2, 0) is 0 Å². The van der Waals surface area contributed by atoms with Crippen molar-refractivity contribution in [2.24, 2.45) is 0 Å². The number of aliphatic hydroxyl groups is 2. The molecule has 1 aliphatic rings. The molecule has 0 unspecified atom stereocenters. The zero-order valence-electron chi connectivity index (χ0n) is 14.0. The standard InChI is InChI=1S/C18H17NO6S2/c20-14-9-27-18(26)17(16(14)22)25-13-7-3-11(4-8-13)15(21)10-1-5-12(6-2-10)19(23)24/h1-8,14,16-18,20,22,26H,9H2/t14-,16+,17-,18-/m1/s1. The Kier molecular flexibility index (Phi) is 6.05. The molecule has 1 heterocycles. The van der Waals surface area contributed by atoms with E-state index in [-0.39, 0.29) is 16.1 Å². The maximum absolute atomic E-state index is 12.5. The molecule has 4 atom stereocenters. The van der Waals surface area contributed by atoms with Crippen molar-refractivity contribution >= 4 is 35.9 Å². The smallest absolute Gasteiger partial charge is 0.269 e. The second-order valence-electron chi connectivity index (χ2n) is 6.02. The van der Waals surface area contributed by atoms with Crippen molar-refractivity contribution < 1.29 is 24.7 Å². The van der Waals surface area contributed by atoms with Crippen molar-refractivity contribution in [3.8, 4) is 5.75 Å². The molecule has 0 aliphatic carbocycles. The minimum Gasteiger partial charge on any atom is -0.486 e. The minimum atomic E-state index is -1.05. The van der Waals surface area contributed by atoms with Gasteiger partial charge in [0.05, 0.1) is 15.6 Å². The molecular weight excluding hydrogens is 390 g/mol. The molecule has 0 aromatic heterocycles. The first-order valence-corrected chi connectivity index (χ1v) is 9.65. The van der Waals surface area contributed by atoms with Crippen LogP contribution in [0.2, 0.25) is 0 Å². The number of nitro benzene ring substituents is 1. The van der Waals surface area contributed by atoms with E-state index in [9.17, 15) is 25.1 Å². The quantitative estimate of drug-likeness (QED) is 0.302. The van der Waals surface area contributed by atoms with E-state index >= 15 is 0 Å². The number of aliphatic hydroxyl groups excluding tert-OH is 2. The zero-order valence-corrected chi connectivity index (χ0v) is 15.7. The zero-order chi connectivity index (χ0) is 19.6. The number of ketones is 1. The topological polar surface area (TPSA) is 110 Å². The number of carbonyl (C=O) groups is 1. The number of rotatable bonds is 5. The largest absolute Gasteiger partial charge is 0.486 e. The number of thioether (sulfide) groups is 1. The van der Waals surface area contributed by atoms with Gasteiger partial charge < -0.3 is 14.9 Å². The first-order chi connectivity index (χ1) is 12.9. The van der Waals surface area contributed by atoms with E-state index in [0.29, 0.717) is 22.6 Å². The van der Waals surface area contributed by atoms with Crippen LogP contribution in [0.5, 0.6) is 5.75 Å². The van der Waals surface area contributed by atoms with Crippen LogP contribution in [0.25, 0.3) is 0 Å². The number of thiol groups is 1. The summed E-state index contributed by atoms with van der Waals surface area (Å²) in [6.07, 6.45) is -2.61. The van der Waals surface area contributed by atoms with Gasteiger partial charge >= 0.3 is 0 Å². The van der Waals surface area contributed by atoms with E-state index in [1.807, 2.05) is 0 Å². The predicted molar refractivity (Wildman–Crippen MR) is 105 cm³/mol. The molecule has 2 aromatic carbocycles. The Labute approximate surface area is 164 Å². The molecule has 2 aromatic rings. The molecule has 1 fully saturated rings. The van der Waals surface area contributed by atoms with Gasteiger partial charge in [0.25, 0.3) is 5.69 Å². The number of nitro groups is 1. The SMILES string of the molecule is O=C(c1ccc(O[C@@H]2[C@@H](O)[C@H](O)CS[C@H]2S)cc1)c1ccc([N+](=O)[O-])cc1. The van der Waals surface area contributed by atoms with E-state index in [1.54, 1.807) is 24.3 Å². The van der Waals surface area contributed by atoms with Gasteiger partial charge in [0.15, 0.2) is 5.78 Å². The van der Waals surface area contributed by atoms with Crippen molar-refractivity contribution in [3.05, 3.63) is 69.8 Å². The molecule has 0 amide bonds. The highest BCUT2D eigenvalue weighted by molar-refractivity contribution is 8.10. The van der Waals surface area contributed by atoms with Gasteiger partial charge in [-0.05, 0) is 36.4 Å². The fourth-order valence-corrected chi connectivity index (χ4v) is 4.14. The van der Waals surface area contributed by atoms with Crippen LogP contribution in [0.1, 0.15) is 15.9 Å². The third-order valence-electron chi connectivity index (χ3n) is 4.18.